The lowest BCUT2D eigenvalue weighted by Crippen LogP contribution is -2.31. The fourth-order valence-electron chi connectivity index (χ4n) is 3.40. The van der Waals surface area contributed by atoms with Gasteiger partial charge in [-0.3, -0.25) is 0 Å². The van der Waals surface area contributed by atoms with Gasteiger partial charge in [-0.1, -0.05) is 66.7 Å². The topological polar surface area (TPSA) is 25.2 Å². The number of halogens is 1. The van der Waals surface area contributed by atoms with Gasteiger partial charge in [-0.05, 0) is 35.4 Å². The van der Waals surface area contributed by atoms with Gasteiger partial charge < -0.3 is 9.67 Å². The molecular weight excluding hydrogens is 325 g/mol. The lowest BCUT2D eigenvalue weighted by molar-refractivity contribution is 0.121. The molecule has 3 heteroatoms. The second-order valence-corrected chi connectivity index (χ2v) is 6.17. The highest BCUT2D eigenvalue weighted by Gasteiger charge is 2.38. The molecule has 0 aliphatic heterocycles. The standard InChI is InChI=1S/C23H18FNO/c24-20-14-9-15-21(25-16-7-8-17-25)22(20)23(26,18-10-3-1-4-11-18)19-12-5-2-6-13-19/h1-17,26H. The van der Waals surface area contributed by atoms with Crippen LogP contribution < -0.4 is 0 Å². The zero-order chi connectivity index (χ0) is 18.0. The summed E-state index contributed by atoms with van der Waals surface area (Å²) in [6.45, 7) is 0. The Kier molecular flexibility index (Phi) is 4.15. The lowest BCUT2D eigenvalue weighted by atomic mass is 9.79. The summed E-state index contributed by atoms with van der Waals surface area (Å²) < 4.78 is 17.0. The van der Waals surface area contributed by atoms with E-state index in [1.807, 2.05) is 95.8 Å². The van der Waals surface area contributed by atoms with Crippen molar-refractivity contribution in [3.63, 3.8) is 0 Å². The first-order valence-electron chi connectivity index (χ1n) is 8.47. The molecule has 4 aromatic rings. The van der Waals surface area contributed by atoms with E-state index in [-0.39, 0.29) is 5.56 Å². The van der Waals surface area contributed by atoms with Gasteiger partial charge in [0, 0.05) is 12.4 Å². The number of aromatic nitrogens is 1. The first-order chi connectivity index (χ1) is 12.7. The van der Waals surface area contributed by atoms with E-state index in [1.54, 1.807) is 6.07 Å². The number of hydrogen-bond donors (Lipinski definition) is 1. The minimum Gasteiger partial charge on any atom is -0.376 e. The molecule has 0 radical (unpaired) electrons. The molecule has 4 rings (SSSR count). The van der Waals surface area contributed by atoms with Crippen molar-refractivity contribution in [1.29, 1.82) is 0 Å². The van der Waals surface area contributed by atoms with Crippen molar-refractivity contribution in [3.8, 4) is 5.69 Å². The number of hydrogen-bond acceptors (Lipinski definition) is 1. The van der Waals surface area contributed by atoms with Crippen molar-refractivity contribution in [2.45, 2.75) is 5.60 Å². The van der Waals surface area contributed by atoms with Gasteiger partial charge in [0.2, 0.25) is 0 Å². The molecule has 0 amide bonds. The van der Waals surface area contributed by atoms with Crippen molar-refractivity contribution in [1.82, 2.24) is 4.57 Å². The predicted octanol–water partition coefficient (Wildman–Crippen LogP) is 4.90. The summed E-state index contributed by atoms with van der Waals surface area (Å²) in [6.07, 6.45) is 3.68. The maximum atomic E-state index is 15.1. The first-order valence-corrected chi connectivity index (χ1v) is 8.47. The number of aliphatic hydroxyl groups is 1. The van der Waals surface area contributed by atoms with Crippen LogP contribution in [0.2, 0.25) is 0 Å². The normalized spacial score (nSPS) is 11.5. The average Bonchev–Trinajstić information content (AvgIpc) is 3.23. The molecule has 128 valence electrons. The molecule has 0 unspecified atom stereocenters. The molecule has 0 atom stereocenters. The fourth-order valence-corrected chi connectivity index (χ4v) is 3.40. The monoisotopic (exact) mass is 343 g/mol. The Morgan fingerprint density at radius 3 is 1.73 bits per heavy atom. The zero-order valence-corrected chi connectivity index (χ0v) is 14.1. The van der Waals surface area contributed by atoms with E-state index in [0.29, 0.717) is 16.8 Å². The van der Waals surface area contributed by atoms with Gasteiger partial charge >= 0.3 is 0 Å². The minimum absolute atomic E-state index is 0.230. The molecule has 1 heterocycles. The smallest absolute Gasteiger partial charge is 0.145 e. The Morgan fingerprint density at radius 1 is 0.654 bits per heavy atom. The highest BCUT2D eigenvalue weighted by Crippen LogP contribution is 2.40. The van der Waals surface area contributed by atoms with Gasteiger partial charge in [-0.15, -0.1) is 0 Å². The molecule has 1 N–H and O–H groups in total. The van der Waals surface area contributed by atoms with E-state index in [0.717, 1.165) is 0 Å². The van der Waals surface area contributed by atoms with Crippen LogP contribution in [0.1, 0.15) is 16.7 Å². The molecule has 26 heavy (non-hydrogen) atoms. The second-order valence-electron chi connectivity index (χ2n) is 6.17. The number of nitrogens with zero attached hydrogens (tertiary/aromatic N) is 1. The molecule has 0 saturated carbocycles. The van der Waals surface area contributed by atoms with E-state index in [1.165, 1.54) is 6.07 Å². The number of benzene rings is 3. The molecule has 0 fully saturated rings. The van der Waals surface area contributed by atoms with Gasteiger partial charge in [-0.25, -0.2) is 4.39 Å². The summed E-state index contributed by atoms with van der Waals surface area (Å²) >= 11 is 0. The molecular formula is C23H18FNO. The van der Waals surface area contributed by atoms with Crippen LogP contribution in [-0.2, 0) is 5.60 Å². The molecule has 1 aromatic heterocycles. The van der Waals surface area contributed by atoms with Crippen molar-refractivity contribution >= 4 is 0 Å². The third-order valence-corrected chi connectivity index (χ3v) is 4.62. The van der Waals surface area contributed by atoms with E-state index in [9.17, 15) is 5.11 Å². The van der Waals surface area contributed by atoms with Gasteiger partial charge in [0.1, 0.15) is 11.4 Å². The van der Waals surface area contributed by atoms with Crippen molar-refractivity contribution < 1.29 is 9.50 Å². The van der Waals surface area contributed by atoms with Gasteiger partial charge in [0.05, 0.1) is 11.3 Å². The van der Waals surface area contributed by atoms with Crippen molar-refractivity contribution in [2.75, 3.05) is 0 Å². The second kappa shape index (κ2) is 6.62. The van der Waals surface area contributed by atoms with Crippen LogP contribution in [0.3, 0.4) is 0 Å². The van der Waals surface area contributed by atoms with Gasteiger partial charge in [0.15, 0.2) is 0 Å². The van der Waals surface area contributed by atoms with E-state index < -0.39 is 11.4 Å². The van der Waals surface area contributed by atoms with Crippen LogP contribution in [0.25, 0.3) is 5.69 Å². The average molecular weight is 343 g/mol. The quantitative estimate of drug-likeness (QED) is 0.524. The van der Waals surface area contributed by atoms with Crippen LogP contribution in [0, 0.1) is 5.82 Å². The molecule has 0 spiro atoms. The zero-order valence-electron chi connectivity index (χ0n) is 14.1. The molecule has 0 aliphatic carbocycles. The molecule has 3 aromatic carbocycles. The molecule has 0 aliphatic rings. The fraction of sp³-hybridized carbons (Fsp3) is 0.0435. The molecule has 0 bridgehead atoms. The Labute approximate surface area is 151 Å². The Morgan fingerprint density at radius 2 is 1.19 bits per heavy atom. The predicted molar refractivity (Wildman–Crippen MR) is 101 cm³/mol. The maximum absolute atomic E-state index is 15.1. The maximum Gasteiger partial charge on any atom is 0.145 e. The highest BCUT2D eigenvalue weighted by molar-refractivity contribution is 5.56. The van der Waals surface area contributed by atoms with Crippen molar-refractivity contribution in [2.24, 2.45) is 0 Å². The largest absolute Gasteiger partial charge is 0.376 e. The number of rotatable bonds is 4. The third-order valence-electron chi connectivity index (χ3n) is 4.62. The van der Waals surface area contributed by atoms with Crippen molar-refractivity contribution in [3.05, 3.63) is 126 Å². The first kappa shape index (κ1) is 16.3. The summed E-state index contributed by atoms with van der Waals surface area (Å²) in [5, 5.41) is 11.9. The van der Waals surface area contributed by atoms with Crippen LogP contribution >= 0.6 is 0 Å². The van der Waals surface area contributed by atoms with E-state index in [2.05, 4.69) is 0 Å². The van der Waals surface area contributed by atoms with Gasteiger partial charge in [-0.2, -0.15) is 0 Å². The van der Waals surface area contributed by atoms with E-state index >= 15 is 4.39 Å². The minimum atomic E-state index is -1.62. The Hall–Kier alpha value is -3.17. The van der Waals surface area contributed by atoms with Crippen LogP contribution in [0.15, 0.2) is 103 Å². The molecule has 0 saturated heterocycles. The molecule has 2 nitrogen and oxygen atoms in total. The summed E-state index contributed by atoms with van der Waals surface area (Å²) in [4.78, 5) is 0. The summed E-state index contributed by atoms with van der Waals surface area (Å²) in [6, 6.07) is 27.0. The lowest BCUT2D eigenvalue weighted by Gasteiger charge is -2.32. The van der Waals surface area contributed by atoms with Crippen LogP contribution in [-0.4, -0.2) is 9.67 Å². The SMILES string of the molecule is OC(c1ccccc1)(c1ccccc1)c1c(F)cccc1-n1cccc1. The van der Waals surface area contributed by atoms with Crippen LogP contribution in [0.5, 0.6) is 0 Å². The van der Waals surface area contributed by atoms with E-state index in [4.69, 9.17) is 0 Å². The van der Waals surface area contributed by atoms with Gasteiger partial charge in [0.25, 0.3) is 0 Å². The Balaban J connectivity index is 2.07. The third kappa shape index (κ3) is 2.63. The Bertz CT molecular complexity index is 956. The summed E-state index contributed by atoms with van der Waals surface area (Å²) in [5.74, 6) is -0.452. The highest BCUT2D eigenvalue weighted by atomic mass is 19.1. The summed E-state index contributed by atoms with van der Waals surface area (Å²) in [5.41, 5.74) is 0.446. The van der Waals surface area contributed by atoms with Crippen LogP contribution in [0.4, 0.5) is 4.39 Å². The summed E-state index contributed by atoms with van der Waals surface area (Å²) in [7, 11) is 0.